The molecule has 0 saturated heterocycles. The van der Waals surface area contributed by atoms with Crippen LogP contribution in [0.5, 0.6) is 0 Å². The average molecular weight is 354 g/mol. The zero-order valence-electron chi connectivity index (χ0n) is 12.9. The number of imide groups is 1. The Bertz CT molecular complexity index is 724. The number of nitrogens with one attached hydrogen (secondary N) is 1. The predicted octanol–water partition coefficient (Wildman–Crippen LogP) is 0.457. The fraction of sp³-hybridized carbons (Fsp3) is 0.400. The van der Waals surface area contributed by atoms with Gasteiger partial charge in [-0.2, -0.15) is 0 Å². The molecule has 1 aliphatic heterocycles. The molecule has 2 N–H and O–H groups in total. The molecule has 9 heteroatoms. The fourth-order valence-corrected chi connectivity index (χ4v) is 3.53. The van der Waals surface area contributed by atoms with Crippen LogP contribution < -0.4 is 4.72 Å². The summed E-state index contributed by atoms with van der Waals surface area (Å²) in [6, 6.07) is 6.55. The summed E-state index contributed by atoms with van der Waals surface area (Å²) < 4.78 is 25.5. The number of carboxylic acid groups (broad SMARTS) is 1. The molecule has 130 valence electrons. The van der Waals surface area contributed by atoms with E-state index in [1.807, 2.05) is 0 Å². The largest absolute Gasteiger partial charge is 0.481 e. The van der Waals surface area contributed by atoms with Crippen LogP contribution >= 0.6 is 0 Å². The quantitative estimate of drug-likeness (QED) is 0.491. The average Bonchev–Trinajstić information content (AvgIpc) is 2.76. The van der Waals surface area contributed by atoms with Gasteiger partial charge in [-0.15, -0.1) is 0 Å². The van der Waals surface area contributed by atoms with Gasteiger partial charge in [0.25, 0.3) is 11.8 Å². The number of hydrogen-bond acceptors (Lipinski definition) is 5. The first-order valence-electron chi connectivity index (χ1n) is 7.46. The molecule has 1 aromatic rings. The highest BCUT2D eigenvalue weighted by Gasteiger charge is 2.34. The summed E-state index contributed by atoms with van der Waals surface area (Å²) in [5.41, 5.74) is 0.732. The molecule has 1 aliphatic rings. The Hall–Kier alpha value is -2.26. The lowest BCUT2D eigenvalue weighted by Gasteiger charge is -2.13. The molecule has 0 spiro atoms. The first-order valence-corrected chi connectivity index (χ1v) is 9.11. The molecule has 0 aliphatic carbocycles. The SMILES string of the molecule is O=C(O)CCNS(=O)(=O)CCCCN1C(=O)c2ccccc2C1=O. The van der Waals surface area contributed by atoms with E-state index < -0.39 is 16.0 Å². The summed E-state index contributed by atoms with van der Waals surface area (Å²) in [5.74, 6) is -1.99. The molecular weight excluding hydrogens is 336 g/mol. The van der Waals surface area contributed by atoms with Crippen molar-refractivity contribution in [1.29, 1.82) is 0 Å². The maximum Gasteiger partial charge on any atom is 0.304 e. The summed E-state index contributed by atoms with van der Waals surface area (Å²) in [6.07, 6.45) is 0.329. The molecule has 0 fully saturated rings. The third-order valence-corrected chi connectivity index (χ3v) is 5.05. The van der Waals surface area contributed by atoms with Crippen LogP contribution in [-0.4, -0.2) is 55.1 Å². The van der Waals surface area contributed by atoms with Crippen molar-refractivity contribution in [3.05, 3.63) is 35.4 Å². The summed E-state index contributed by atoms with van der Waals surface area (Å²) in [6.45, 7) is -0.00688. The minimum atomic E-state index is -3.56. The van der Waals surface area contributed by atoms with Gasteiger partial charge in [-0.25, -0.2) is 13.1 Å². The van der Waals surface area contributed by atoms with Gasteiger partial charge in [-0.1, -0.05) is 12.1 Å². The van der Waals surface area contributed by atoms with Gasteiger partial charge in [0.05, 0.1) is 23.3 Å². The van der Waals surface area contributed by atoms with Gasteiger partial charge in [-0.3, -0.25) is 19.3 Å². The molecule has 0 saturated carbocycles. The summed E-state index contributed by atoms with van der Waals surface area (Å²) in [5, 5.41) is 8.47. The number of aliphatic carboxylic acids is 1. The van der Waals surface area contributed by atoms with Gasteiger partial charge in [0, 0.05) is 13.1 Å². The Balaban J connectivity index is 1.78. The molecule has 0 bridgehead atoms. The number of sulfonamides is 1. The van der Waals surface area contributed by atoms with Crippen molar-refractivity contribution >= 4 is 27.8 Å². The number of unbranched alkanes of at least 4 members (excludes halogenated alkanes) is 1. The lowest BCUT2D eigenvalue weighted by molar-refractivity contribution is -0.136. The number of fused-ring (bicyclic) bond motifs is 1. The van der Waals surface area contributed by atoms with Crippen molar-refractivity contribution in [3.8, 4) is 0 Å². The molecule has 1 heterocycles. The van der Waals surface area contributed by atoms with Crippen LogP contribution in [0.3, 0.4) is 0 Å². The van der Waals surface area contributed by atoms with Crippen molar-refractivity contribution in [2.75, 3.05) is 18.8 Å². The van der Waals surface area contributed by atoms with E-state index in [0.717, 1.165) is 4.90 Å². The summed E-state index contributed by atoms with van der Waals surface area (Å²) in [4.78, 5) is 35.7. The minimum absolute atomic E-state index is 0.150. The highest BCUT2D eigenvalue weighted by atomic mass is 32.2. The third kappa shape index (κ3) is 4.39. The molecule has 0 unspecified atom stereocenters. The van der Waals surface area contributed by atoms with Crippen LogP contribution in [0, 0.1) is 0 Å². The monoisotopic (exact) mass is 354 g/mol. The van der Waals surface area contributed by atoms with E-state index >= 15 is 0 Å². The molecule has 1 aromatic carbocycles. The van der Waals surface area contributed by atoms with E-state index in [9.17, 15) is 22.8 Å². The number of carbonyl (C=O) groups excluding carboxylic acids is 2. The summed E-state index contributed by atoms with van der Waals surface area (Å²) >= 11 is 0. The normalized spacial score (nSPS) is 14.1. The van der Waals surface area contributed by atoms with E-state index in [-0.39, 0.29) is 43.5 Å². The Morgan fingerprint density at radius 2 is 1.67 bits per heavy atom. The number of carboxylic acids is 1. The van der Waals surface area contributed by atoms with Crippen LogP contribution in [-0.2, 0) is 14.8 Å². The number of rotatable bonds is 9. The molecule has 0 radical (unpaired) electrons. The van der Waals surface area contributed by atoms with E-state index in [4.69, 9.17) is 5.11 Å². The minimum Gasteiger partial charge on any atom is -0.481 e. The van der Waals surface area contributed by atoms with Gasteiger partial charge < -0.3 is 5.11 Å². The van der Waals surface area contributed by atoms with Crippen LogP contribution in [0.2, 0.25) is 0 Å². The number of benzene rings is 1. The summed E-state index contributed by atoms with van der Waals surface area (Å²) in [7, 11) is -3.56. The van der Waals surface area contributed by atoms with Crippen molar-refractivity contribution in [2.24, 2.45) is 0 Å². The molecule has 8 nitrogen and oxygen atoms in total. The van der Waals surface area contributed by atoms with E-state index in [2.05, 4.69) is 4.72 Å². The Morgan fingerprint density at radius 1 is 1.08 bits per heavy atom. The van der Waals surface area contributed by atoms with Crippen LogP contribution in [0.25, 0.3) is 0 Å². The lowest BCUT2D eigenvalue weighted by atomic mass is 10.1. The van der Waals surface area contributed by atoms with Crippen LogP contribution in [0.4, 0.5) is 0 Å². The smallest absolute Gasteiger partial charge is 0.304 e. The van der Waals surface area contributed by atoms with Gasteiger partial charge in [0.15, 0.2) is 0 Å². The van der Waals surface area contributed by atoms with Crippen molar-refractivity contribution in [1.82, 2.24) is 9.62 Å². The molecule has 2 amide bonds. The topological polar surface area (TPSA) is 121 Å². The highest BCUT2D eigenvalue weighted by Crippen LogP contribution is 2.22. The second-order valence-electron chi connectivity index (χ2n) is 5.37. The Morgan fingerprint density at radius 3 is 2.21 bits per heavy atom. The first kappa shape index (κ1) is 18.1. The molecule has 0 atom stereocenters. The number of hydrogen-bond donors (Lipinski definition) is 2. The van der Waals surface area contributed by atoms with Gasteiger partial charge in [0.2, 0.25) is 10.0 Å². The van der Waals surface area contributed by atoms with Gasteiger partial charge in [-0.05, 0) is 25.0 Å². The maximum absolute atomic E-state index is 12.1. The second kappa shape index (κ2) is 7.54. The second-order valence-corrected chi connectivity index (χ2v) is 7.30. The molecular formula is C15H18N2O6S. The van der Waals surface area contributed by atoms with E-state index in [0.29, 0.717) is 17.5 Å². The van der Waals surface area contributed by atoms with Gasteiger partial charge in [0.1, 0.15) is 0 Å². The molecule has 0 aromatic heterocycles. The fourth-order valence-electron chi connectivity index (χ4n) is 2.39. The number of amides is 2. The van der Waals surface area contributed by atoms with Gasteiger partial charge >= 0.3 is 5.97 Å². The molecule has 24 heavy (non-hydrogen) atoms. The Kier molecular flexibility index (Phi) is 5.68. The van der Waals surface area contributed by atoms with Crippen molar-refractivity contribution in [2.45, 2.75) is 19.3 Å². The Labute approximate surface area is 139 Å². The van der Waals surface area contributed by atoms with Crippen molar-refractivity contribution < 1.29 is 27.9 Å². The lowest BCUT2D eigenvalue weighted by Crippen LogP contribution is -2.32. The zero-order chi connectivity index (χ0) is 17.7. The zero-order valence-corrected chi connectivity index (χ0v) is 13.7. The predicted molar refractivity (Wildman–Crippen MR) is 85.1 cm³/mol. The highest BCUT2D eigenvalue weighted by molar-refractivity contribution is 7.89. The molecule has 2 rings (SSSR count). The van der Waals surface area contributed by atoms with Crippen LogP contribution in [0.1, 0.15) is 40.0 Å². The number of carbonyl (C=O) groups is 3. The van der Waals surface area contributed by atoms with Crippen molar-refractivity contribution in [3.63, 3.8) is 0 Å². The van der Waals surface area contributed by atoms with E-state index in [1.54, 1.807) is 24.3 Å². The first-order chi connectivity index (χ1) is 11.3. The maximum atomic E-state index is 12.1. The third-order valence-electron chi connectivity index (χ3n) is 3.58. The number of nitrogens with zero attached hydrogens (tertiary/aromatic N) is 1. The van der Waals surface area contributed by atoms with Crippen LogP contribution in [0.15, 0.2) is 24.3 Å². The standard InChI is InChI=1S/C15H18N2O6S/c18-13(19)7-8-16-24(22,23)10-4-3-9-17-14(20)11-5-1-2-6-12(11)15(17)21/h1-2,5-6,16H,3-4,7-10H2,(H,18,19). The van der Waals surface area contributed by atoms with E-state index in [1.165, 1.54) is 0 Å².